The zero-order valence-electron chi connectivity index (χ0n) is 22.2. The lowest BCUT2D eigenvalue weighted by Crippen LogP contribution is -2.36. The Morgan fingerprint density at radius 1 is 0.973 bits per heavy atom. The number of allylic oxidation sites excluding steroid dienone is 3. The van der Waals surface area contributed by atoms with E-state index in [9.17, 15) is 9.59 Å². The highest BCUT2D eigenvalue weighted by atomic mass is 16.6. The molecule has 37 heavy (non-hydrogen) atoms. The van der Waals surface area contributed by atoms with Crippen molar-refractivity contribution in [3.8, 4) is 11.5 Å². The largest absolute Gasteiger partial charge is 0.493 e. The van der Waals surface area contributed by atoms with Gasteiger partial charge in [-0.1, -0.05) is 35.9 Å². The highest BCUT2D eigenvalue weighted by Crippen LogP contribution is 2.46. The molecule has 2 atom stereocenters. The van der Waals surface area contributed by atoms with Crippen molar-refractivity contribution in [3.05, 3.63) is 81.7 Å². The second-order valence-electron chi connectivity index (χ2n) is 9.38. The van der Waals surface area contributed by atoms with Gasteiger partial charge < -0.3 is 24.3 Å². The smallest absolute Gasteiger partial charge is 0.336 e. The molecule has 0 bridgehead atoms. The van der Waals surface area contributed by atoms with Crippen molar-refractivity contribution in [1.29, 1.82) is 0 Å². The van der Waals surface area contributed by atoms with Crippen LogP contribution < -0.4 is 14.8 Å². The fourth-order valence-electron chi connectivity index (χ4n) is 5.25. The number of benzene rings is 2. The SMILES string of the molecule is CCOCCOC(=O)C1=C(C)NC2=C(C(=O)CC(c3ccc(OC)c(OC)c3)C2)C1c1cccc(C)c1. The third-order valence-electron chi connectivity index (χ3n) is 6.97. The summed E-state index contributed by atoms with van der Waals surface area (Å²) in [5.74, 6) is 0.355. The number of ether oxygens (including phenoxy) is 4. The Hall–Kier alpha value is -3.58. The predicted octanol–water partition coefficient (Wildman–Crippen LogP) is 4.95. The molecule has 0 aromatic heterocycles. The molecule has 0 spiro atoms. The van der Waals surface area contributed by atoms with Gasteiger partial charge in [-0.15, -0.1) is 0 Å². The van der Waals surface area contributed by atoms with Crippen molar-refractivity contribution in [2.24, 2.45) is 0 Å². The number of rotatable bonds is 9. The molecule has 1 aliphatic carbocycles. The lowest BCUT2D eigenvalue weighted by molar-refractivity contribution is -0.140. The van der Waals surface area contributed by atoms with Gasteiger partial charge in [-0.2, -0.15) is 0 Å². The molecule has 2 unspecified atom stereocenters. The zero-order chi connectivity index (χ0) is 26.5. The second-order valence-corrected chi connectivity index (χ2v) is 9.38. The maximum atomic E-state index is 13.8. The minimum absolute atomic E-state index is 0.0205. The third-order valence-corrected chi connectivity index (χ3v) is 6.97. The minimum atomic E-state index is -0.491. The fourth-order valence-corrected chi connectivity index (χ4v) is 5.25. The van der Waals surface area contributed by atoms with E-state index in [2.05, 4.69) is 5.32 Å². The summed E-state index contributed by atoms with van der Waals surface area (Å²) in [7, 11) is 3.21. The van der Waals surface area contributed by atoms with Crippen LogP contribution >= 0.6 is 0 Å². The number of hydrogen-bond donors (Lipinski definition) is 1. The molecule has 0 fully saturated rings. The number of carbonyl (C=O) groups excluding carboxylic acids is 2. The Balaban J connectivity index is 1.71. The minimum Gasteiger partial charge on any atom is -0.493 e. The number of nitrogens with one attached hydrogen (secondary N) is 1. The summed E-state index contributed by atoms with van der Waals surface area (Å²) in [4.78, 5) is 27.1. The van der Waals surface area contributed by atoms with Crippen LogP contribution in [0.2, 0.25) is 0 Å². The van der Waals surface area contributed by atoms with Crippen LogP contribution in [0.5, 0.6) is 11.5 Å². The van der Waals surface area contributed by atoms with Gasteiger partial charge in [-0.3, -0.25) is 4.79 Å². The van der Waals surface area contributed by atoms with Gasteiger partial charge in [-0.05, 0) is 56.4 Å². The van der Waals surface area contributed by atoms with Crippen LogP contribution in [0.15, 0.2) is 65.0 Å². The van der Waals surface area contributed by atoms with Gasteiger partial charge in [0.2, 0.25) is 0 Å². The molecule has 4 rings (SSSR count). The number of dihydropyridines is 1. The maximum absolute atomic E-state index is 13.8. The van der Waals surface area contributed by atoms with Gasteiger partial charge in [-0.25, -0.2) is 4.79 Å². The van der Waals surface area contributed by atoms with Crippen LogP contribution in [-0.2, 0) is 19.1 Å². The van der Waals surface area contributed by atoms with Crippen LogP contribution in [0.25, 0.3) is 0 Å². The van der Waals surface area contributed by atoms with E-state index in [-0.39, 0.29) is 18.3 Å². The summed E-state index contributed by atoms with van der Waals surface area (Å²) in [6.07, 6.45) is 0.979. The van der Waals surface area contributed by atoms with E-state index in [1.807, 2.05) is 63.2 Å². The zero-order valence-corrected chi connectivity index (χ0v) is 22.2. The molecule has 1 aliphatic heterocycles. The number of ketones is 1. The molecule has 2 aromatic rings. The first-order valence-corrected chi connectivity index (χ1v) is 12.6. The maximum Gasteiger partial charge on any atom is 0.336 e. The van der Waals surface area contributed by atoms with Crippen LogP contribution in [0.3, 0.4) is 0 Å². The number of methoxy groups -OCH3 is 2. The van der Waals surface area contributed by atoms with E-state index in [1.165, 1.54) is 0 Å². The van der Waals surface area contributed by atoms with Gasteiger partial charge in [0.1, 0.15) is 6.61 Å². The van der Waals surface area contributed by atoms with Crippen molar-refractivity contribution in [3.63, 3.8) is 0 Å². The number of hydrogen-bond acceptors (Lipinski definition) is 7. The average Bonchev–Trinajstić information content (AvgIpc) is 2.89. The molecule has 2 aromatic carbocycles. The average molecular weight is 506 g/mol. The number of Topliss-reactive ketones (excluding diaryl/α,β-unsaturated/α-hetero) is 1. The molecule has 2 aliphatic rings. The topological polar surface area (TPSA) is 83.1 Å². The molecule has 1 heterocycles. The number of esters is 1. The van der Waals surface area contributed by atoms with Gasteiger partial charge in [0, 0.05) is 35.9 Å². The normalized spacial score (nSPS) is 19.3. The second kappa shape index (κ2) is 11.6. The van der Waals surface area contributed by atoms with E-state index in [0.29, 0.717) is 54.4 Å². The number of carbonyl (C=O) groups is 2. The van der Waals surface area contributed by atoms with Crippen LogP contribution in [-0.4, -0.2) is 45.8 Å². The monoisotopic (exact) mass is 505 g/mol. The molecule has 1 N–H and O–H groups in total. The Morgan fingerprint density at radius 3 is 2.46 bits per heavy atom. The highest BCUT2D eigenvalue weighted by molar-refractivity contribution is 6.04. The summed E-state index contributed by atoms with van der Waals surface area (Å²) >= 11 is 0. The van der Waals surface area contributed by atoms with E-state index < -0.39 is 11.9 Å². The molecule has 0 saturated heterocycles. The Morgan fingerprint density at radius 2 is 1.76 bits per heavy atom. The summed E-state index contributed by atoms with van der Waals surface area (Å²) in [6.45, 7) is 6.81. The van der Waals surface area contributed by atoms with Gasteiger partial charge in [0.25, 0.3) is 0 Å². The fraction of sp³-hybridized carbons (Fsp3) is 0.400. The molecule has 7 nitrogen and oxygen atoms in total. The highest BCUT2D eigenvalue weighted by Gasteiger charge is 2.41. The lowest BCUT2D eigenvalue weighted by atomic mass is 9.71. The lowest BCUT2D eigenvalue weighted by Gasteiger charge is -2.37. The van der Waals surface area contributed by atoms with Crippen LogP contribution in [0.1, 0.15) is 55.2 Å². The summed E-state index contributed by atoms with van der Waals surface area (Å²) in [5.41, 5.74) is 5.64. The van der Waals surface area contributed by atoms with Gasteiger partial charge >= 0.3 is 5.97 Å². The summed E-state index contributed by atoms with van der Waals surface area (Å²) < 4.78 is 21.8. The Bertz CT molecular complexity index is 1240. The molecule has 0 amide bonds. The molecular formula is C30H35NO6. The van der Waals surface area contributed by atoms with Gasteiger partial charge in [0.05, 0.1) is 26.4 Å². The van der Waals surface area contributed by atoms with Crippen molar-refractivity contribution in [2.75, 3.05) is 34.0 Å². The standard InChI is InChI=1S/C30H35NO6/c1-6-36-12-13-37-30(33)27-19(3)31-23-15-22(20-10-11-25(34-4)26(17-20)35-5)16-24(32)29(23)28(27)21-9-7-8-18(2)14-21/h7-11,14,17,22,28,31H,6,12-13,15-16H2,1-5H3. The van der Waals surface area contributed by atoms with Crippen LogP contribution in [0, 0.1) is 6.92 Å². The third kappa shape index (κ3) is 5.57. The first-order valence-electron chi connectivity index (χ1n) is 12.6. The van der Waals surface area contributed by atoms with Crippen molar-refractivity contribution >= 4 is 11.8 Å². The molecule has 0 radical (unpaired) electrons. The molecule has 0 saturated carbocycles. The molecular weight excluding hydrogens is 470 g/mol. The van der Waals surface area contributed by atoms with Crippen molar-refractivity contribution in [1.82, 2.24) is 5.32 Å². The summed E-state index contributed by atoms with van der Waals surface area (Å²) in [6, 6.07) is 13.8. The van der Waals surface area contributed by atoms with Crippen LogP contribution in [0.4, 0.5) is 0 Å². The van der Waals surface area contributed by atoms with E-state index in [0.717, 1.165) is 22.4 Å². The Kier molecular flexibility index (Phi) is 8.34. The van der Waals surface area contributed by atoms with Crippen molar-refractivity contribution in [2.45, 2.75) is 45.4 Å². The summed E-state index contributed by atoms with van der Waals surface area (Å²) in [5, 5.41) is 3.40. The molecule has 196 valence electrons. The van der Waals surface area contributed by atoms with E-state index in [4.69, 9.17) is 18.9 Å². The van der Waals surface area contributed by atoms with E-state index in [1.54, 1.807) is 14.2 Å². The molecule has 7 heteroatoms. The first kappa shape index (κ1) is 26.5. The van der Waals surface area contributed by atoms with Gasteiger partial charge in [0.15, 0.2) is 17.3 Å². The number of aryl methyl sites for hydroxylation is 1. The van der Waals surface area contributed by atoms with Crippen molar-refractivity contribution < 1.29 is 28.5 Å². The van der Waals surface area contributed by atoms with E-state index >= 15 is 0 Å². The predicted molar refractivity (Wildman–Crippen MR) is 141 cm³/mol. The quantitative estimate of drug-likeness (QED) is 0.381. The Labute approximate surface area is 218 Å². The first-order chi connectivity index (χ1) is 17.9.